The second-order valence-corrected chi connectivity index (χ2v) is 8.81. The molecule has 0 N–H and O–H groups in total. The Labute approximate surface area is 184 Å². The lowest BCUT2D eigenvalue weighted by Crippen LogP contribution is -2.28. The van der Waals surface area contributed by atoms with Crippen LogP contribution in [0, 0.1) is 20.8 Å². The zero-order chi connectivity index (χ0) is 20.7. The van der Waals surface area contributed by atoms with Gasteiger partial charge in [-0.05, 0) is 56.2 Å². The highest BCUT2D eigenvalue weighted by atomic mass is 35.5. The van der Waals surface area contributed by atoms with E-state index >= 15 is 0 Å². The number of aryl methyl sites for hydroxylation is 2. The number of benzene rings is 2. The Kier molecular flexibility index (Phi) is 5.34. The molecule has 0 unspecified atom stereocenters. The number of thiocarbonyl (C=S) groups is 1. The minimum absolute atomic E-state index is 0.142. The Morgan fingerprint density at radius 2 is 1.79 bits per heavy atom. The van der Waals surface area contributed by atoms with E-state index in [4.69, 9.17) is 23.8 Å². The summed E-state index contributed by atoms with van der Waals surface area (Å²) in [5.41, 5.74) is 5.30. The molecule has 0 bridgehead atoms. The fourth-order valence-electron chi connectivity index (χ4n) is 3.20. The molecule has 1 fully saturated rings. The van der Waals surface area contributed by atoms with Crippen molar-refractivity contribution in [1.82, 2.24) is 9.78 Å². The second-order valence-electron chi connectivity index (χ2n) is 6.77. The monoisotopic (exact) mass is 439 g/mol. The Bertz CT molecular complexity index is 1170. The first-order valence-electron chi connectivity index (χ1n) is 9.03. The number of para-hydroxylation sites is 1. The number of halogens is 1. The van der Waals surface area contributed by atoms with Crippen LogP contribution in [0.5, 0.6) is 0 Å². The first-order chi connectivity index (χ1) is 13.9. The molecule has 3 aromatic rings. The number of rotatable bonds is 3. The third-order valence-corrected chi connectivity index (χ3v) is 6.60. The number of aromatic nitrogens is 2. The lowest BCUT2D eigenvalue weighted by molar-refractivity contribution is -0.113. The molecule has 0 saturated carbocycles. The number of amides is 1. The van der Waals surface area contributed by atoms with E-state index in [1.54, 1.807) is 15.7 Å². The highest BCUT2D eigenvalue weighted by Crippen LogP contribution is 2.39. The van der Waals surface area contributed by atoms with Gasteiger partial charge in [-0.3, -0.25) is 9.69 Å². The highest BCUT2D eigenvalue weighted by molar-refractivity contribution is 8.27. The molecule has 146 valence electrons. The average Bonchev–Trinajstić information content (AvgIpc) is 3.15. The van der Waals surface area contributed by atoms with Crippen molar-refractivity contribution in [3.63, 3.8) is 0 Å². The Balaban J connectivity index is 1.73. The minimum Gasteiger partial charge on any atom is -0.268 e. The van der Waals surface area contributed by atoms with Crippen LogP contribution >= 0.6 is 35.6 Å². The summed E-state index contributed by atoms with van der Waals surface area (Å²) in [6.07, 6.45) is 1.79. The van der Waals surface area contributed by atoms with Crippen LogP contribution in [0.1, 0.15) is 22.4 Å². The van der Waals surface area contributed by atoms with Crippen molar-refractivity contribution in [3.05, 3.63) is 81.0 Å². The molecule has 1 aliphatic rings. The van der Waals surface area contributed by atoms with Crippen molar-refractivity contribution in [3.8, 4) is 5.69 Å². The minimum atomic E-state index is -0.142. The summed E-state index contributed by atoms with van der Waals surface area (Å²) in [6.45, 7) is 5.90. The van der Waals surface area contributed by atoms with Crippen molar-refractivity contribution in [2.24, 2.45) is 0 Å². The summed E-state index contributed by atoms with van der Waals surface area (Å²) in [6, 6.07) is 15.5. The van der Waals surface area contributed by atoms with E-state index in [-0.39, 0.29) is 5.91 Å². The standard InChI is InChI=1S/C22H18ClN3OS2/c1-13-8-7-11-18(14(13)2)25-21(27)19(29-22(25)28)12-17-15(3)24-26(20(17)23)16-9-5-4-6-10-16/h4-12H,1-3H3/b19-12-. The van der Waals surface area contributed by atoms with Crippen LogP contribution in [-0.2, 0) is 4.79 Å². The van der Waals surface area contributed by atoms with Gasteiger partial charge in [0.1, 0.15) is 5.15 Å². The quantitative estimate of drug-likeness (QED) is 0.378. The average molecular weight is 440 g/mol. The normalized spacial score (nSPS) is 15.6. The van der Waals surface area contributed by atoms with Crippen LogP contribution in [-0.4, -0.2) is 20.0 Å². The van der Waals surface area contributed by atoms with Crippen molar-refractivity contribution in [2.75, 3.05) is 4.90 Å². The van der Waals surface area contributed by atoms with Crippen LogP contribution in [0.3, 0.4) is 0 Å². The summed E-state index contributed by atoms with van der Waals surface area (Å²) < 4.78 is 2.19. The first kappa shape index (κ1) is 19.9. The Hall–Kier alpha value is -2.41. The second kappa shape index (κ2) is 7.78. The number of anilines is 1. The van der Waals surface area contributed by atoms with Crippen molar-refractivity contribution in [1.29, 1.82) is 0 Å². The van der Waals surface area contributed by atoms with Gasteiger partial charge >= 0.3 is 0 Å². The number of hydrogen-bond donors (Lipinski definition) is 0. The summed E-state index contributed by atoms with van der Waals surface area (Å²) in [5.74, 6) is -0.142. The van der Waals surface area contributed by atoms with Crippen molar-refractivity contribution >= 4 is 57.6 Å². The maximum Gasteiger partial charge on any atom is 0.270 e. The van der Waals surface area contributed by atoms with Gasteiger partial charge in [-0.2, -0.15) is 5.10 Å². The largest absolute Gasteiger partial charge is 0.270 e. The zero-order valence-electron chi connectivity index (χ0n) is 16.1. The molecule has 2 aromatic carbocycles. The molecule has 4 nitrogen and oxygen atoms in total. The highest BCUT2D eigenvalue weighted by Gasteiger charge is 2.34. The Morgan fingerprint density at radius 1 is 1.07 bits per heavy atom. The number of carbonyl (C=O) groups is 1. The number of nitrogens with zero attached hydrogens (tertiary/aromatic N) is 3. The van der Waals surface area contributed by atoms with Gasteiger partial charge in [0.25, 0.3) is 5.91 Å². The van der Waals surface area contributed by atoms with Crippen LogP contribution in [0.4, 0.5) is 5.69 Å². The summed E-state index contributed by atoms with van der Waals surface area (Å²) >= 11 is 13.4. The van der Waals surface area contributed by atoms with Gasteiger partial charge in [0.2, 0.25) is 0 Å². The predicted octanol–water partition coefficient (Wildman–Crippen LogP) is 5.86. The van der Waals surface area contributed by atoms with Gasteiger partial charge in [0, 0.05) is 5.56 Å². The first-order valence-corrected chi connectivity index (χ1v) is 10.6. The third kappa shape index (κ3) is 3.52. The van der Waals surface area contributed by atoms with Crippen LogP contribution < -0.4 is 4.90 Å². The lowest BCUT2D eigenvalue weighted by Gasteiger charge is -2.18. The van der Waals surface area contributed by atoms with E-state index in [1.165, 1.54) is 11.8 Å². The topological polar surface area (TPSA) is 38.1 Å². The molecule has 4 rings (SSSR count). The molecule has 29 heavy (non-hydrogen) atoms. The maximum atomic E-state index is 13.2. The van der Waals surface area contributed by atoms with E-state index in [0.717, 1.165) is 33.8 Å². The zero-order valence-corrected chi connectivity index (χ0v) is 18.5. The van der Waals surface area contributed by atoms with E-state index in [0.29, 0.717) is 14.4 Å². The maximum absolute atomic E-state index is 13.2. The molecular weight excluding hydrogens is 422 g/mol. The smallest absolute Gasteiger partial charge is 0.268 e. The van der Waals surface area contributed by atoms with E-state index in [9.17, 15) is 4.79 Å². The fraction of sp³-hybridized carbons (Fsp3) is 0.136. The molecule has 1 amide bonds. The molecule has 1 saturated heterocycles. The fourth-order valence-corrected chi connectivity index (χ4v) is 4.79. The molecule has 1 aromatic heterocycles. The molecule has 1 aliphatic heterocycles. The van der Waals surface area contributed by atoms with Gasteiger partial charge in [0.05, 0.1) is 22.0 Å². The molecule has 7 heteroatoms. The SMILES string of the molecule is Cc1cccc(N2C(=O)/C(=C/c3c(C)nn(-c4ccccc4)c3Cl)SC2=S)c1C. The molecule has 0 spiro atoms. The van der Waals surface area contributed by atoms with Gasteiger partial charge in [-0.25, -0.2) is 4.68 Å². The van der Waals surface area contributed by atoms with Gasteiger partial charge in [-0.15, -0.1) is 0 Å². The summed E-state index contributed by atoms with van der Waals surface area (Å²) in [7, 11) is 0. The van der Waals surface area contributed by atoms with Crippen molar-refractivity contribution in [2.45, 2.75) is 20.8 Å². The van der Waals surface area contributed by atoms with Crippen LogP contribution in [0.15, 0.2) is 53.4 Å². The van der Waals surface area contributed by atoms with Gasteiger partial charge in [-0.1, -0.05) is 65.9 Å². The number of hydrogen-bond acceptors (Lipinski definition) is 4. The van der Waals surface area contributed by atoms with Crippen molar-refractivity contribution < 1.29 is 4.79 Å². The number of thioether (sulfide) groups is 1. The number of carbonyl (C=O) groups excluding carboxylic acids is 1. The molecule has 0 radical (unpaired) electrons. The van der Waals surface area contributed by atoms with Crippen LogP contribution in [0.2, 0.25) is 5.15 Å². The van der Waals surface area contributed by atoms with E-state index in [1.807, 2.05) is 69.3 Å². The lowest BCUT2D eigenvalue weighted by atomic mass is 10.1. The van der Waals surface area contributed by atoms with E-state index < -0.39 is 0 Å². The third-order valence-electron chi connectivity index (χ3n) is 4.93. The van der Waals surface area contributed by atoms with E-state index in [2.05, 4.69) is 5.10 Å². The van der Waals surface area contributed by atoms with Gasteiger partial charge < -0.3 is 0 Å². The van der Waals surface area contributed by atoms with Crippen LogP contribution in [0.25, 0.3) is 11.8 Å². The molecule has 0 aliphatic carbocycles. The molecule has 2 heterocycles. The van der Waals surface area contributed by atoms with Gasteiger partial charge in [0.15, 0.2) is 4.32 Å². The molecular formula is C22H18ClN3OS2. The summed E-state index contributed by atoms with van der Waals surface area (Å²) in [5, 5.41) is 5.01. The Morgan fingerprint density at radius 3 is 2.52 bits per heavy atom. The summed E-state index contributed by atoms with van der Waals surface area (Å²) in [4.78, 5) is 15.3. The predicted molar refractivity (Wildman–Crippen MR) is 125 cm³/mol. The molecule has 0 atom stereocenters.